The molecule has 0 heterocycles. The average molecular weight is 254 g/mol. The Balaban J connectivity index is 0.000000302. The van der Waals surface area contributed by atoms with Crippen molar-refractivity contribution in [2.75, 3.05) is 13.1 Å². The molecule has 96 valence electrons. The van der Waals surface area contributed by atoms with Crippen molar-refractivity contribution in [2.45, 2.75) is 33.6 Å². The van der Waals surface area contributed by atoms with Gasteiger partial charge in [0.15, 0.2) is 0 Å². The van der Waals surface area contributed by atoms with Gasteiger partial charge in [0.25, 0.3) is 0 Å². The summed E-state index contributed by atoms with van der Waals surface area (Å²) >= 11 is 5.61. The van der Waals surface area contributed by atoms with E-state index in [-0.39, 0.29) is 0 Å². The second-order valence-electron chi connectivity index (χ2n) is 4.28. The Morgan fingerprint density at radius 3 is 2.29 bits per heavy atom. The predicted molar refractivity (Wildman–Crippen MR) is 78.8 cm³/mol. The summed E-state index contributed by atoms with van der Waals surface area (Å²) in [6, 6.07) is 7.75. The monoisotopic (exact) mass is 253 g/mol. The minimum Gasteiger partial charge on any atom is -0.313 e. The maximum Gasteiger partial charge on any atom is 0.0406 e. The lowest BCUT2D eigenvalue weighted by atomic mass is 10.2. The molecule has 0 atom stereocenters. The van der Waals surface area contributed by atoms with E-state index in [2.05, 4.69) is 18.8 Å². The molecule has 1 N–H and O–H groups in total. The van der Waals surface area contributed by atoms with Gasteiger partial charge in [0.05, 0.1) is 0 Å². The van der Waals surface area contributed by atoms with E-state index < -0.39 is 0 Å². The first-order valence-corrected chi connectivity index (χ1v) is 6.51. The topological polar surface area (TPSA) is 12.0 Å². The Kier molecular flexibility index (Phi) is 9.89. The molecule has 1 rings (SSSR count). The Bertz CT molecular complexity index is 282. The molecular weight excluding hydrogens is 230 g/mol. The van der Waals surface area contributed by atoms with Crippen molar-refractivity contribution in [1.82, 2.24) is 5.32 Å². The lowest BCUT2D eigenvalue weighted by molar-refractivity contribution is 0.672. The molecule has 17 heavy (non-hydrogen) atoms. The summed E-state index contributed by atoms with van der Waals surface area (Å²) in [5.41, 5.74) is 2.46. The van der Waals surface area contributed by atoms with Crippen molar-refractivity contribution in [3.05, 3.63) is 47.0 Å². The summed E-state index contributed by atoms with van der Waals surface area (Å²) in [6.07, 6.45) is 2.54. The first kappa shape index (κ1) is 16.2. The third kappa shape index (κ3) is 11.5. The van der Waals surface area contributed by atoms with Crippen LogP contribution in [0, 0.1) is 6.92 Å². The minimum atomic E-state index is 0.801. The Labute approximate surface area is 111 Å². The lowest BCUT2D eigenvalue weighted by Crippen LogP contribution is -2.16. The largest absolute Gasteiger partial charge is 0.313 e. The van der Waals surface area contributed by atoms with E-state index in [0.717, 1.165) is 18.1 Å². The molecule has 0 saturated carbocycles. The molecule has 0 unspecified atom stereocenters. The van der Waals surface area contributed by atoms with Crippen LogP contribution >= 0.6 is 11.6 Å². The minimum absolute atomic E-state index is 0.801. The molecule has 0 fully saturated rings. The summed E-state index contributed by atoms with van der Waals surface area (Å²) < 4.78 is 0. The molecule has 2 heteroatoms. The van der Waals surface area contributed by atoms with Gasteiger partial charge in [-0.05, 0) is 38.9 Å². The van der Waals surface area contributed by atoms with Gasteiger partial charge in [-0.2, -0.15) is 0 Å². The van der Waals surface area contributed by atoms with E-state index in [1.54, 1.807) is 0 Å². The van der Waals surface area contributed by atoms with Gasteiger partial charge < -0.3 is 5.32 Å². The number of halogens is 1. The molecule has 0 amide bonds. The highest BCUT2D eigenvalue weighted by atomic mass is 35.5. The van der Waals surface area contributed by atoms with Gasteiger partial charge in [0.2, 0.25) is 0 Å². The molecule has 1 aromatic carbocycles. The normalized spacial score (nSPS) is 9.41. The van der Waals surface area contributed by atoms with Crippen molar-refractivity contribution in [2.24, 2.45) is 0 Å². The van der Waals surface area contributed by atoms with Crippen LogP contribution < -0.4 is 5.32 Å². The fraction of sp³-hybridized carbons (Fsp3) is 0.467. The van der Waals surface area contributed by atoms with E-state index in [4.69, 9.17) is 11.6 Å². The third-order valence-corrected chi connectivity index (χ3v) is 2.40. The van der Waals surface area contributed by atoms with Gasteiger partial charge in [-0.3, -0.25) is 0 Å². The summed E-state index contributed by atoms with van der Waals surface area (Å²) in [6.45, 7) is 12.2. The van der Waals surface area contributed by atoms with Crippen LogP contribution in [-0.2, 0) is 0 Å². The highest BCUT2D eigenvalue weighted by Crippen LogP contribution is 2.07. The predicted octanol–water partition coefficient (Wildman–Crippen LogP) is 4.60. The van der Waals surface area contributed by atoms with E-state index >= 15 is 0 Å². The van der Waals surface area contributed by atoms with Crippen LogP contribution in [0.15, 0.2) is 36.4 Å². The second-order valence-corrected chi connectivity index (χ2v) is 4.72. The van der Waals surface area contributed by atoms with Crippen LogP contribution in [0.25, 0.3) is 0 Å². The number of aryl methyl sites for hydroxylation is 1. The highest BCUT2D eigenvalue weighted by molar-refractivity contribution is 6.30. The van der Waals surface area contributed by atoms with Crippen molar-refractivity contribution >= 4 is 11.6 Å². The van der Waals surface area contributed by atoms with E-state index in [1.165, 1.54) is 24.0 Å². The molecule has 0 aliphatic heterocycles. The molecule has 1 aromatic rings. The summed E-state index contributed by atoms with van der Waals surface area (Å²) in [4.78, 5) is 0. The van der Waals surface area contributed by atoms with Crippen molar-refractivity contribution in [3.8, 4) is 0 Å². The zero-order valence-corrected chi connectivity index (χ0v) is 12.0. The zero-order valence-electron chi connectivity index (χ0n) is 11.2. The quantitative estimate of drug-likeness (QED) is 0.597. The van der Waals surface area contributed by atoms with Gasteiger partial charge in [0.1, 0.15) is 0 Å². The molecule has 1 nitrogen and oxygen atoms in total. The lowest BCUT2D eigenvalue weighted by Gasteiger charge is -2.00. The Morgan fingerprint density at radius 2 is 1.88 bits per heavy atom. The number of benzene rings is 1. The van der Waals surface area contributed by atoms with Gasteiger partial charge in [-0.15, -0.1) is 0 Å². The van der Waals surface area contributed by atoms with Gasteiger partial charge in [0, 0.05) is 11.6 Å². The average Bonchev–Trinajstić information content (AvgIpc) is 2.29. The summed E-state index contributed by atoms with van der Waals surface area (Å²) in [7, 11) is 0. The van der Waals surface area contributed by atoms with Crippen LogP contribution in [0.5, 0.6) is 0 Å². The maximum atomic E-state index is 5.61. The molecule has 0 aromatic heterocycles. The van der Waals surface area contributed by atoms with E-state index in [1.807, 2.05) is 38.1 Å². The van der Waals surface area contributed by atoms with Crippen molar-refractivity contribution in [1.29, 1.82) is 0 Å². The first-order chi connectivity index (χ1) is 8.06. The van der Waals surface area contributed by atoms with Crippen molar-refractivity contribution in [3.63, 3.8) is 0 Å². The second kappa shape index (κ2) is 10.4. The fourth-order valence-corrected chi connectivity index (χ4v) is 1.26. The summed E-state index contributed by atoms with van der Waals surface area (Å²) in [5, 5.41) is 4.09. The molecule has 0 saturated heterocycles. The summed E-state index contributed by atoms with van der Waals surface area (Å²) in [5.74, 6) is 0. The molecular formula is C15H24ClN. The van der Waals surface area contributed by atoms with Crippen LogP contribution in [0.4, 0.5) is 0 Å². The third-order valence-electron chi connectivity index (χ3n) is 2.14. The van der Waals surface area contributed by atoms with Gasteiger partial charge in [-0.25, -0.2) is 0 Å². The highest BCUT2D eigenvalue weighted by Gasteiger charge is 1.84. The number of rotatable bonds is 5. The Hall–Kier alpha value is -0.790. The number of hydrogen-bond acceptors (Lipinski definition) is 1. The standard InChI is InChI=1S/C8H17N.C7H7Cl/c1-4-5-6-9-7-8(2)3;1-6-2-4-7(8)5-3-6/h9H,2,4-7H2,1,3H3;2-5H,1H3. The molecule has 0 radical (unpaired) electrons. The van der Waals surface area contributed by atoms with E-state index in [9.17, 15) is 0 Å². The first-order valence-electron chi connectivity index (χ1n) is 6.13. The molecule has 0 spiro atoms. The number of nitrogens with one attached hydrogen (secondary N) is 1. The number of hydrogen-bond donors (Lipinski definition) is 1. The Morgan fingerprint density at radius 1 is 1.29 bits per heavy atom. The molecule has 0 aliphatic carbocycles. The molecule has 0 bridgehead atoms. The van der Waals surface area contributed by atoms with Crippen LogP contribution in [0.2, 0.25) is 5.02 Å². The smallest absolute Gasteiger partial charge is 0.0406 e. The fourth-order valence-electron chi connectivity index (χ4n) is 1.14. The number of unbranched alkanes of at least 4 members (excludes halogenated alkanes) is 1. The SMILES string of the molecule is C=C(C)CNCCCC.Cc1ccc(Cl)cc1. The van der Waals surface area contributed by atoms with Crippen LogP contribution in [0.3, 0.4) is 0 Å². The maximum absolute atomic E-state index is 5.61. The zero-order chi connectivity index (χ0) is 13.1. The van der Waals surface area contributed by atoms with Crippen LogP contribution in [-0.4, -0.2) is 13.1 Å². The molecule has 0 aliphatic rings. The van der Waals surface area contributed by atoms with Gasteiger partial charge in [-0.1, -0.05) is 54.8 Å². The van der Waals surface area contributed by atoms with Gasteiger partial charge >= 0.3 is 0 Å². The van der Waals surface area contributed by atoms with Crippen molar-refractivity contribution < 1.29 is 0 Å². The van der Waals surface area contributed by atoms with Crippen LogP contribution in [0.1, 0.15) is 32.3 Å². The van der Waals surface area contributed by atoms with E-state index in [0.29, 0.717) is 0 Å².